The van der Waals surface area contributed by atoms with E-state index in [9.17, 15) is 5.11 Å². The van der Waals surface area contributed by atoms with E-state index in [1.165, 1.54) is 5.56 Å². The van der Waals surface area contributed by atoms with Crippen LogP contribution < -0.4 is 15.3 Å². The molecule has 2 aromatic carbocycles. The zero-order chi connectivity index (χ0) is 17.7. The fourth-order valence-electron chi connectivity index (χ4n) is 2.53. The Balaban J connectivity index is 2.49. The summed E-state index contributed by atoms with van der Waals surface area (Å²) in [6.45, 7) is 9.00. The van der Waals surface area contributed by atoms with Crippen LogP contribution in [0.2, 0.25) is 0 Å². The molecule has 0 amide bonds. The van der Waals surface area contributed by atoms with Crippen LogP contribution in [0.15, 0.2) is 36.4 Å². The van der Waals surface area contributed by atoms with Gasteiger partial charge in [0.05, 0.1) is 6.61 Å². The summed E-state index contributed by atoms with van der Waals surface area (Å²) in [5, 5.41) is 11.9. The molecule has 130 valence electrons. The lowest BCUT2D eigenvalue weighted by atomic mass is 9.86. The number of ether oxygens (including phenoxy) is 2. The van der Waals surface area contributed by atoms with Crippen LogP contribution in [0.3, 0.4) is 0 Å². The molecule has 0 aromatic heterocycles. The third-order valence-corrected chi connectivity index (χ3v) is 5.32. The fraction of sp³-hybridized carbons (Fsp3) is 0.400. The average Bonchev–Trinajstić information content (AvgIpc) is 2.53. The van der Waals surface area contributed by atoms with Gasteiger partial charge in [0.1, 0.15) is 5.75 Å². The third kappa shape index (κ3) is 4.57. The molecule has 0 heterocycles. The van der Waals surface area contributed by atoms with Crippen molar-refractivity contribution in [3.8, 4) is 5.75 Å². The monoisotopic (exact) mass is 346 g/mol. The molecule has 2 aromatic rings. The van der Waals surface area contributed by atoms with Gasteiger partial charge < -0.3 is 14.6 Å². The van der Waals surface area contributed by atoms with Crippen molar-refractivity contribution in [3.05, 3.63) is 53.1 Å². The molecule has 1 atom stereocenters. The van der Waals surface area contributed by atoms with Crippen molar-refractivity contribution in [2.75, 3.05) is 13.9 Å². The van der Waals surface area contributed by atoms with Crippen LogP contribution in [-0.2, 0) is 16.8 Å². The number of rotatable bonds is 6. The number of benzene rings is 2. The molecule has 24 heavy (non-hydrogen) atoms. The van der Waals surface area contributed by atoms with Gasteiger partial charge in [-0.15, -0.1) is 0 Å². The van der Waals surface area contributed by atoms with Crippen LogP contribution in [0.25, 0.3) is 0 Å². The van der Waals surface area contributed by atoms with E-state index in [2.05, 4.69) is 45.9 Å². The lowest BCUT2D eigenvalue weighted by Gasteiger charge is -2.23. The molecule has 0 saturated carbocycles. The Labute approximate surface area is 146 Å². The largest absolute Gasteiger partial charge is 0.467 e. The van der Waals surface area contributed by atoms with E-state index in [0.717, 1.165) is 27.5 Å². The van der Waals surface area contributed by atoms with Crippen LogP contribution in [0.5, 0.6) is 5.75 Å². The molecule has 4 heteroatoms. The van der Waals surface area contributed by atoms with Crippen molar-refractivity contribution in [1.29, 1.82) is 0 Å². The number of hydrogen-bond donors (Lipinski definition) is 1. The zero-order valence-electron chi connectivity index (χ0n) is 15.1. The maximum absolute atomic E-state index is 9.60. The molecule has 2 rings (SSSR count). The van der Waals surface area contributed by atoms with E-state index >= 15 is 0 Å². The second-order valence-electron chi connectivity index (χ2n) is 6.91. The minimum absolute atomic E-state index is 0.0510. The molecule has 0 spiro atoms. The summed E-state index contributed by atoms with van der Waals surface area (Å²) in [6.07, 6.45) is 0. The van der Waals surface area contributed by atoms with Crippen molar-refractivity contribution < 1.29 is 14.6 Å². The summed E-state index contributed by atoms with van der Waals surface area (Å²) in [7, 11) is 2.05. The van der Waals surface area contributed by atoms with Crippen molar-refractivity contribution >= 4 is 19.2 Å². The van der Waals surface area contributed by atoms with Crippen LogP contribution in [0, 0.1) is 6.92 Å². The number of hydrogen-bond acceptors (Lipinski definition) is 3. The highest BCUT2D eigenvalue weighted by Crippen LogP contribution is 2.31. The fourth-order valence-corrected chi connectivity index (χ4v) is 3.94. The predicted octanol–water partition coefficient (Wildman–Crippen LogP) is 3.40. The molecule has 1 N–H and O–H groups in total. The van der Waals surface area contributed by atoms with Crippen LogP contribution in [0.1, 0.15) is 37.5 Å². The first kappa shape index (κ1) is 18.9. The van der Waals surface area contributed by atoms with Gasteiger partial charge in [0, 0.05) is 12.4 Å². The summed E-state index contributed by atoms with van der Waals surface area (Å²) in [5.74, 6) is 0.885. The van der Waals surface area contributed by atoms with E-state index < -0.39 is 0 Å². The van der Waals surface area contributed by atoms with Gasteiger partial charge in [-0.3, -0.25) is 0 Å². The van der Waals surface area contributed by atoms with E-state index in [0.29, 0.717) is 8.58 Å². The maximum atomic E-state index is 9.60. The predicted molar refractivity (Wildman–Crippen MR) is 102 cm³/mol. The Bertz CT molecular complexity index is 690. The lowest BCUT2D eigenvalue weighted by molar-refractivity contribution is 0.0514. The molecule has 0 aliphatic carbocycles. The maximum Gasteiger partial charge on any atom is 0.188 e. The minimum Gasteiger partial charge on any atom is -0.467 e. The van der Waals surface area contributed by atoms with Gasteiger partial charge in [-0.2, -0.15) is 0 Å². The topological polar surface area (TPSA) is 38.7 Å². The Hall–Kier alpha value is -1.41. The highest BCUT2D eigenvalue weighted by atomic mass is 31.1. The Morgan fingerprint density at radius 1 is 1.08 bits per heavy atom. The van der Waals surface area contributed by atoms with Gasteiger partial charge >= 0.3 is 0 Å². The molecule has 0 radical (unpaired) electrons. The van der Waals surface area contributed by atoms with Gasteiger partial charge in [-0.25, -0.2) is 0 Å². The van der Waals surface area contributed by atoms with Crippen LogP contribution >= 0.6 is 8.58 Å². The Morgan fingerprint density at radius 2 is 1.79 bits per heavy atom. The third-order valence-electron chi connectivity index (χ3n) is 3.92. The summed E-state index contributed by atoms with van der Waals surface area (Å²) in [5.41, 5.74) is 3.44. The average molecular weight is 346 g/mol. The number of aliphatic hydroxyl groups is 1. The SMILES string of the molecule is COCOc1c(C)cc(C(C)(C)C)cc1Pc1ccccc1CO. The van der Waals surface area contributed by atoms with Gasteiger partial charge in [0.25, 0.3) is 0 Å². The summed E-state index contributed by atoms with van der Waals surface area (Å²) < 4.78 is 10.9. The standard InChI is InChI=1S/C20H27O3P/c1-14-10-16(20(2,3)4)11-18(19(14)23-13-22-5)24-17-9-7-6-8-15(17)12-21/h6-11,21,24H,12-13H2,1-5H3. The van der Waals surface area contributed by atoms with Gasteiger partial charge in [0.2, 0.25) is 0 Å². The Morgan fingerprint density at radius 3 is 2.42 bits per heavy atom. The number of aryl methyl sites for hydroxylation is 1. The summed E-state index contributed by atoms with van der Waals surface area (Å²) >= 11 is 0. The van der Waals surface area contributed by atoms with Gasteiger partial charge in [-0.05, 0) is 40.4 Å². The molecule has 0 aliphatic rings. The second kappa shape index (κ2) is 8.11. The molecule has 0 saturated heterocycles. The molecule has 3 nitrogen and oxygen atoms in total. The molecular weight excluding hydrogens is 319 g/mol. The number of aliphatic hydroxyl groups excluding tert-OH is 1. The second-order valence-corrected chi connectivity index (χ2v) is 8.24. The van der Waals surface area contributed by atoms with Gasteiger partial charge in [0.15, 0.2) is 6.79 Å². The zero-order valence-corrected chi connectivity index (χ0v) is 16.1. The van der Waals surface area contributed by atoms with Crippen LogP contribution in [0.4, 0.5) is 0 Å². The summed E-state index contributed by atoms with van der Waals surface area (Å²) in [6, 6.07) is 12.4. The molecule has 1 unspecified atom stereocenters. The molecule has 0 fully saturated rings. The smallest absolute Gasteiger partial charge is 0.188 e. The van der Waals surface area contributed by atoms with E-state index in [1.807, 2.05) is 18.2 Å². The number of methoxy groups -OCH3 is 1. The van der Waals surface area contributed by atoms with Crippen LogP contribution in [-0.4, -0.2) is 19.0 Å². The van der Waals surface area contributed by atoms with Gasteiger partial charge in [-0.1, -0.05) is 59.7 Å². The lowest BCUT2D eigenvalue weighted by Crippen LogP contribution is -2.19. The molecular formula is C20H27O3P. The van der Waals surface area contributed by atoms with Crippen molar-refractivity contribution in [2.45, 2.75) is 39.7 Å². The first-order valence-corrected chi connectivity index (χ1v) is 9.09. The normalized spacial score (nSPS) is 12.1. The molecule has 0 bridgehead atoms. The summed E-state index contributed by atoms with van der Waals surface area (Å²) in [4.78, 5) is 0. The Kier molecular flexibility index (Phi) is 6.40. The molecule has 0 aliphatic heterocycles. The van der Waals surface area contributed by atoms with E-state index in [1.54, 1.807) is 7.11 Å². The quantitative estimate of drug-likeness (QED) is 0.644. The van der Waals surface area contributed by atoms with Crippen molar-refractivity contribution in [2.24, 2.45) is 0 Å². The highest BCUT2D eigenvalue weighted by Gasteiger charge is 2.19. The van der Waals surface area contributed by atoms with Crippen molar-refractivity contribution in [3.63, 3.8) is 0 Å². The first-order chi connectivity index (χ1) is 11.4. The van der Waals surface area contributed by atoms with Crippen molar-refractivity contribution in [1.82, 2.24) is 0 Å². The first-order valence-electron chi connectivity index (χ1n) is 8.09. The highest BCUT2D eigenvalue weighted by molar-refractivity contribution is 7.55. The van der Waals surface area contributed by atoms with E-state index in [-0.39, 0.29) is 18.8 Å². The van der Waals surface area contributed by atoms with E-state index in [4.69, 9.17) is 9.47 Å². The minimum atomic E-state index is 0.0510.